The molecule has 3 heterocycles. The minimum absolute atomic E-state index is 0.0670. The number of hydrogen-bond donors (Lipinski definition) is 2. The lowest BCUT2D eigenvalue weighted by molar-refractivity contribution is 0.0661. The number of piperazine rings is 1. The van der Waals surface area contributed by atoms with E-state index >= 15 is 0 Å². The van der Waals surface area contributed by atoms with Crippen LogP contribution in [-0.2, 0) is 0 Å². The number of rotatable bonds is 5. The van der Waals surface area contributed by atoms with Crippen LogP contribution in [0.25, 0.3) is 10.6 Å². The van der Waals surface area contributed by atoms with Crippen molar-refractivity contribution in [2.24, 2.45) is 0 Å². The number of aromatic nitrogens is 2. The van der Waals surface area contributed by atoms with E-state index in [1.165, 1.54) is 0 Å². The van der Waals surface area contributed by atoms with Crippen molar-refractivity contribution in [2.45, 2.75) is 0 Å². The number of thiazole rings is 1. The zero-order valence-electron chi connectivity index (χ0n) is 17.3. The van der Waals surface area contributed by atoms with Crippen LogP contribution in [0.4, 0.5) is 5.00 Å². The van der Waals surface area contributed by atoms with Crippen LogP contribution in [0.1, 0.15) is 31.2 Å². The molecule has 0 atom stereocenters. The van der Waals surface area contributed by atoms with Gasteiger partial charge in [0.15, 0.2) is 5.69 Å². The fourth-order valence-electron chi connectivity index (χ4n) is 3.30. The monoisotopic (exact) mass is 451 g/mol. The quantitative estimate of drug-likeness (QED) is 0.612. The average molecular weight is 452 g/mol. The molecule has 2 N–H and O–H groups in total. The van der Waals surface area contributed by atoms with Gasteiger partial charge in [-0.3, -0.25) is 14.6 Å². The summed E-state index contributed by atoms with van der Waals surface area (Å²) in [6.45, 7) is 2.99. The number of hydrogen-bond acceptors (Lipinski definition) is 7. The Labute approximate surface area is 188 Å². The van der Waals surface area contributed by atoms with Gasteiger partial charge < -0.3 is 20.2 Å². The molecule has 1 fully saturated rings. The zero-order chi connectivity index (χ0) is 22.7. The molecule has 1 aliphatic rings. The lowest BCUT2D eigenvalue weighted by Crippen LogP contribution is -2.47. The van der Waals surface area contributed by atoms with Crippen molar-refractivity contribution in [3.8, 4) is 10.6 Å². The molecule has 0 radical (unpaired) electrons. The molecule has 1 saturated heterocycles. The first-order valence-electron chi connectivity index (χ1n) is 9.96. The maximum atomic E-state index is 12.7. The van der Waals surface area contributed by atoms with Crippen LogP contribution in [0.2, 0.25) is 0 Å². The fourth-order valence-corrected chi connectivity index (χ4v) is 4.26. The van der Waals surface area contributed by atoms with E-state index in [2.05, 4.69) is 20.2 Å². The first kappa shape index (κ1) is 21.6. The molecular weight excluding hydrogens is 430 g/mol. The van der Waals surface area contributed by atoms with Gasteiger partial charge >= 0.3 is 5.97 Å². The van der Waals surface area contributed by atoms with E-state index in [9.17, 15) is 19.5 Å². The second-order valence-corrected chi connectivity index (χ2v) is 8.36. The van der Waals surface area contributed by atoms with E-state index in [0.29, 0.717) is 34.8 Å². The van der Waals surface area contributed by atoms with Crippen LogP contribution >= 0.6 is 11.3 Å². The van der Waals surface area contributed by atoms with Gasteiger partial charge in [-0.15, -0.1) is 0 Å². The van der Waals surface area contributed by atoms with Gasteiger partial charge in [-0.2, -0.15) is 0 Å². The van der Waals surface area contributed by atoms with Gasteiger partial charge in [0.25, 0.3) is 11.8 Å². The molecular formula is C22H21N5O4S. The molecule has 2 aromatic heterocycles. The number of aromatic carboxylic acids is 1. The molecule has 0 spiro atoms. The highest BCUT2D eigenvalue weighted by molar-refractivity contribution is 7.19. The molecule has 4 rings (SSSR count). The first-order chi connectivity index (χ1) is 15.4. The third kappa shape index (κ3) is 4.66. The van der Waals surface area contributed by atoms with Crippen LogP contribution in [0, 0.1) is 0 Å². The third-order valence-corrected chi connectivity index (χ3v) is 6.19. The van der Waals surface area contributed by atoms with Crippen molar-refractivity contribution in [3.05, 3.63) is 65.6 Å². The molecule has 32 heavy (non-hydrogen) atoms. The SMILES string of the molecule is CN1CCN(C(=O)c2ccc(C(=O)Nc3sc(-c4ccncc4)nc3C(=O)O)cc2)CC1. The topological polar surface area (TPSA) is 116 Å². The summed E-state index contributed by atoms with van der Waals surface area (Å²) in [6.07, 6.45) is 3.17. The van der Waals surface area contributed by atoms with E-state index in [1.54, 1.807) is 53.7 Å². The number of amides is 2. The number of likely N-dealkylation sites (N-methyl/N-ethyl adjacent to an activating group) is 1. The smallest absolute Gasteiger partial charge is 0.357 e. The number of nitrogens with zero attached hydrogens (tertiary/aromatic N) is 4. The number of carbonyl (C=O) groups excluding carboxylic acids is 2. The van der Waals surface area contributed by atoms with Gasteiger partial charge in [0.2, 0.25) is 0 Å². The number of carboxylic acid groups (broad SMARTS) is 1. The van der Waals surface area contributed by atoms with E-state index in [1.807, 2.05) is 7.05 Å². The van der Waals surface area contributed by atoms with Crippen LogP contribution in [-0.4, -0.2) is 75.9 Å². The number of carboxylic acids is 1. The number of anilines is 1. The van der Waals surface area contributed by atoms with Crippen LogP contribution in [0.3, 0.4) is 0 Å². The van der Waals surface area contributed by atoms with E-state index < -0.39 is 11.9 Å². The molecule has 9 nitrogen and oxygen atoms in total. The minimum atomic E-state index is -1.23. The van der Waals surface area contributed by atoms with E-state index in [0.717, 1.165) is 24.4 Å². The predicted molar refractivity (Wildman–Crippen MR) is 120 cm³/mol. The van der Waals surface area contributed by atoms with Crippen molar-refractivity contribution in [1.82, 2.24) is 19.8 Å². The summed E-state index contributed by atoms with van der Waals surface area (Å²) in [7, 11) is 2.02. The average Bonchev–Trinajstić information content (AvgIpc) is 3.24. The maximum absolute atomic E-state index is 12.7. The summed E-state index contributed by atoms with van der Waals surface area (Å²) < 4.78 is 0. The highest BCUT2D eigenvalue weighted by Gasteiger charge is 2.22. The Balaban J connectivity index is 1.49. The Morgan fingerprint density at radius 3 is 2.22 bits per heavy atom. The van der Waals surface area contributed by atoms with Crippen LogP contribution in [0.5, 0.6) is 0 Å². The van der Waals surface area contributed by atoms with Crippen LogP contribution < -0.4 is 5.32 Å². The van der Waals surface area contributed by atoms with Crippen LogP contribution in [0.15, 0.2) is 48.8 Å². The molecule has 3 aromatic rings. The second-order valence-electron chi connectivity index (χ2n) is 7.36. The first-order valence-corrected chi connectivity index (χ1v) is 10.8. The highest BCUT2D eigenvalue weighted by Crippen LogP contribution is 2.32. The number of pyridine rings is 1. The van der Waals surface area contributed by atoms with Gasteiger partial charge in [-0.05, 0) is 43.4 Å². The molecule has 1 aliphatic heterocycles. The summed E-state index contributed by atoms with van der Waals surface area (Å²) >= 11 is 1.07. The molecule has 10 heteroatoms. The van der Waals surface area contributed by atoms with Crippen molar-refractivity contribution in [1.29, 1.82) is 0 Å². The lowest BCUT2D eigenvalue weighted by Gasteiger charge is -2.32. The molecule has 2 amide bonds. The summed E-state index contributed by atoms with van der Waals surface area (Å²) in [6, 6.07) is 9.78. The molecule has 164 valence electrons. The highest BCUT2D eigenvalue weighted by atomic mass is 32.1. The standard InChI is InChI=1S/C22H21N5O4S/c1-26-10-12-27(13-11-26)21(29)16-4-2-14(3-5-16)18(28)25-20-17(22(30)31)24-19(32-20)15-6-8-23-9-7-15/h2-9H,10-13H2,1H3,(H,25,28)(H,30,31). The van der Waals surface area contributed by atoms with Gasteiger partial charge in [0.1, 0.15) is 10.0 Å². The predicted octanol–water partition coefficient (Wildman–Crippen LogP) is 2.54. The summed E-state index contributed by atoms with van der Waals surface area (Å²) in [5.74, 6) is -1.77. The summed E-state index contributed by atoms with van der Waals surface area (Å²) in [5.41, 5.74) is 1.31. The maximum Gasteiger partial charge on any atom is 0.357 e. The molecule has 0 saturated carbocycles. The molecule has 0 unspecified atom stereocenters. The fraction of sp³-hybridized carbons (Fsp3) is 0.227. The van der Waals surface area contributed by atoms with Gasteiger partial charge in [0.05, 0.1) is 0 Å². The Morgan fingerprint density at radius 2 is 1.59 bits per heavy atom. The van der Waals surface area contributed by atoms with Crippen molar-refractivity contribution >= 4 is 34.1 Å². The number of nitrogens with one attached hydrogen (secondary N) is 1. The van der Waals surface area contributed by atoms with Gasteiger partial charge in [-0.1, -0.05) is 11.3 Å². The lowest BCUT2D eigenvalue weighted by atomic mass is 10.1. The third-order valence-electron chi connectivity index (χ3n) is 5.17. The Hall–Kier alpha value is -3.63. The van der Waals surface area contributed by atoms with Crippen molar-refractivity contribution in [2.75, 3.05) is 38.5 Å². The largest absolute Gasteiger partial charge is 0.476 e. The summed E-state index contributed by atoms with van der Waals surface area (Å²) in [4.78, 5) is 49.0. The minimum Gasteiger partial charge on any atom is -0.476 e. The molecule has 0 aliphatic carbocycles. The van der Waals surface area contributed by atoms with Crippen molar-refractivity contribution in [3.63, 3.8) is 0 Å². The van der Waals surface area contributed by atoms with Crippen molar-refractivity contribution < 1.29 is 19.5 Å². The summed E-state index contributed by atoms with van der Waals surface area (Å²) in [5, 5.41) is 12.7. The number of carbonyl (C=O) groups is 3. The van der Waals surface area contributed by atoms with Gasteiger partial charge in [0, 0.05) is 55.3 Å². The zero-order valence-corrected chi connectivity index (χ0v) is 18.1. The Morgan fingerprint density at radius 1 is 0.969 bits per heavy atom. The number of benzene rings is 1. The second kappa shape index (κ2) is 9.25. The van der Waals surface area contributed by atoms with E-state index in [4.69, 9.17) is 0 Å². The normalized spacial score (nSPS) is 14.2. The molecule has 0 bridgehead atoms. The molecule has 1 aromatic carbocycles. The van der Waals surface area contributed by atoms with E-state index in [-0.39, 0.29) is 16.6 Å². The Kier molecular flexibility index (Phi) is 6.24. The van der Waals surface area contributed by atoms with Gasteiger partial charge in [-0.25, -0.2) is 9.78 Å². The Bertz CT molecular complexity index is 1140.